The first-order chi connectivity index (χ1) is 8.48. The van der Waals surface area contributed by atoms with Gasteiger partial charge in [0.2, 0.25) is 11.6 Å². The lowest BCUT2D eigenvalue weighted by molar-refractivity contribution is -0.457. The van der Waals surface area contributed by atoms with E-state index in [1.165, 1.54) is 0 Å². The van der Waals surface area contributed by atoms with Crippen LogP contribution < -0.4 is 0 Å². The molecule has 2 aliphatic heterocycles. The summed E-state index contributed by atoms with van der Waals surface area (Å²) in [6.45, 7) is 3.94. The molecule has 5 atom stereocenters. The molecule has 0 amide bonds. The van der Waals surface area contributed by atoms with Crippen LogP contribution >= 0.6 is 0 Å². The van der Waals surface area contributed by atoms with Crippen LogP contribution in [0, 0.1) is 0 Å². The van der Waals surface area contributed by atoms with Crippen molar-refractivity contribution in [1.82, 2.24) is 0 Å². The van der Waals surface area contributed by atoms with Crippen LogP contribution in [0.25, 0.3) is 0 Å². The van der Waals surface area contributed by atoms with Crippen molar-refractivity contribution in [2.24, 2.45) is 0 Å². The SMILES string of the molecule is CO[C@]1(C)O[C@H]2CO[C@H](CO)C[C@@H]2O[C@@]1(C)OC. The molecule has 2 saturated heterocycles. The first kappa shape index (κ1) is 14.2. The number of aliphatic hydroxyl groups excluding tert-OH is 1. The fraction of sp³-hybridized carbons (Fsp3) is 1.00. The average molecular weight is 262 g/mol. The third-order valence-electron chi connectivity index (χ3n) is 3.97. The molecule has 2 heterocycles. The fourth-order valence-corrected chi connectivity index (χ4v) is 2.44. The van der Waals surface area contributed by atoms with Gasteiger partial charge in [-0.2, -0.15) is 0 Å². The molecule has 6 nitrogen and oxygen atoms in total. The van der Waals surface area contributed by atoms with Crippen LogP contribution in [0.1, 0.15) is 20.3 Å². The summed E-state index contributed by atoms with van der Waals surface area (Å²) in [7, 11) is 3.12. The number of aliphatic hydroxyl groups is 1. The number of rotatable bonds is 3. The van der Waals surface area contributed by atoms with Gasteiger partial charge in [0.05, 0.1) is 25.4 Å². The second kappa shape index (κ2) is 5.03. The van der Waals surface area contributed by atoms with E-state index in [9.17, 15) is 0 Å². The van der Waals surface area contributed by atoms with Crippen molar-refractivity contribution < 1.29 is 28.8 Å². The molecular weight excluding hydrogens is 240 g/mol. The van der Waals surface area contributed by atoms with E-state index < -0.39 is 11.6 Å². The molecule has 0 bridgehead atoms. The van der Waals surface area contributed by atoms with Crippen molar-refractivity contribution in [3.63, 3.8) is 0 Å². The van der Waals surface area contributed by atoms with Gasteiger partial charge >= 0.3 is 0 Å². The Morgan fingerprint density at radius 3 is 2.17 bits per heavy atom. The predicted molar refractivity (Wildman–Crippen MR) is 62.0 cm³/mol. The molecule has 106 valence electrons. The van der Waals surface area contributed by atoms with Gasteiger partial charge in [0.25, 0.3) is 0 Å². The Labute approximate surface area is 107 Å². The highest BCUT2D eigenvalue weighted by molar-refractivity contribution is 4.93. The van der Waals surface area contributed by atoms with Crippen molar-refractivity contribution in [1.29, 1.82) is 0 Å². The fourth-order valence-electron chi connectivity index (χ4n) is 2.44. The van der Waals surface area contributed by atoms with Gasteiger partial charge in [0, 0.05) is 20.6 Å². The molecule has 6 heteroatoms. The van der Waals surface area contributed by atoms with Gasteiger partial charge < -0.3 is 28.8 Å². The maximum absolute atomic E-state index is 9.14. The molecule has 18 heavy (non-hydrogen) atoms. The van der Waals surface area contributed by atoms with Crippen molar-refractivity contribution in [3.8, 4) is 0 Å². The summed E-state index contributed by atoms with van der Waals surface area (Å²) >= 11 is 0. The Morgan fingerprint density at radius 1 is 1.11 bits per heavy atom. The third-order valence-corrected chi connectivity index (χ3v) is 3.97. The van der Waals surface area contributed by atoms with E-state index in [1.807, 2.05) is 0 Å². The van der Waals surface area contributed by atoms with E-state index in [-0.39, 0.29) is 24.9 Å². The van der Waals surface area contributed by atoms with Gasteiger partial charge in [0.1, 0.15) is 6.10 Å². The lowest BCUT2D eigenvalue weighted by Crippen LogP contribution is -2.67. The topological polar surface area (TPSA) is 66.4 Å². The van der Waals surface area contributed by atoms with Crippen LogP contribution in [0.5, 0.6) is 0 Å². The number of hydrogen-bond acceptors (Lipinski definition) is 6. The summed E-state index contributed by atoms with van der Waals surface area (Å²) in [6, 6.07) is 0. The van der Waals surface area contributed by atoms with Crippen LogP contribution in [-0.2, 0) is 23.7 Å². The van der Waals surface area contributed by atoms with Crippen LogP contribution in [-0.4, -0.2) is 62.4 Å². The third kappa shape index (κ3) is 2.17. The van der Waals surface area contributed by atoms with Crippen molar-refractivity contribution in [2.45, 2.75) is 50.2 Å². The summed E-state index contributed by atoms with van der Waals surface area (Å²) in [4.78, 5) is 0. The van der Waals surface area contributed by atoms with E-state index in [2.05, 4.69) is 0 Å². The molecule has 0 aromatic heterocycles. The maximum atomic E-state index is 9.14. The number of fused-ring (bicyclic) bond motifs is 1. The zero-order chi connectivity index (χ0) is 13.4. The zero-order valence-corrected chi connectivity index (χ0v) is 11.3. The number of hydrogen-bond donors (Lipinski definition) is 1. The van der Waals surface area contributed by atoms with Gasteiger partial charge in [-0.1, -0.05) is 0 Å². The average Bonchev–Trinajstić information content (AvgIpc) is 2.39. The second-order valence-electron chi connectivity index (χ2n) is 4.99. The highest BCUT2D eigenvalue weighted by Crippen LogP contribution is 2.41. The molecular formula is C12H22O6. The Hall–Kier alpha value is -0.240. The number of ether oxygens (including phenoxy) is 5. The molecule has 0 radical (unpaired) electrons. The van der Waals surface area contributed by atoms with Gasteiger partial charge in [-0.25, -0.2) is 0 Å². The van der Waals surface area contributed by atoms with Crippen LogP contribution in [0.4, 0.5) is 0 Å². The second-order valence-corrected chi connectivity index (χ2v) is 4.99. The van der Waals surface area contributed by atoms with E-state index >= 15 is 0 Å². The molecule has 2 aliphatic rings. The van der Waals surface area contributed by atoms with Crippen molar-refractivity contribution in [2.75, 3.05) is 27.4 Å². The first-order valence-corrected chi connectivity index (χ1v) is 6.16. The Bertz CT molecular complexity index is 298. The minimum absolute atomic E-state index is 0.0160. The lowest BCUT2D eigenvalue weighted by atomic mass is 9.98. The van der Waals surface area contributed by atoms with E-state index in [1.54, 1.807) is 28.1 Å². The van der Waals surface area contributed by atoms with Gasteiger partial charge in [-0.3, -0.25) is 0 Å². The van der Waals surface area contributed by atoms with Crippen LogP contribution in [0.3, 0.4) is 0 Å². The van der Waals surface area contributed by atoms with Crippen LogP contribution in [0.15, 0.2) is 0 Å². The quantitative estimate of drug-likeness (QED) is 0.788. The smallest absolute Gasteiger partial charge is 0.220 e. The summed E-state index contributed by atoms with van der Waals surface area (Å²) in [6.07, 6.45) is 0.00723. The minimum atomic E-state index is -0.988. The molecule has 0 saturated carbocycles. The Kier molecular flexibility index (Phi) is 3.96. The monoisotopic (exact) mass is 262 g/mol. The molecule has 0 aromatic rings. The highest BCUT2D eigenvalue weighted by Gasteiger charge is 2.57. The lowest BCUT2D eigenvalue weighted by Gasteiger charge is -2.53. The summed E-state index contributed by atoms with van der Waals surface area (Å²) in [5.74, 6) is -1.97. The minimum Gasteiger partial charge on any atom is -0.394 e. The molecule has 0 spiro atoms. The van der Waals surface area contributed by atoms with E-state index in [0.717, 1.165) is 0 Å². The summed E-state index contributed by atoms with van der Waals surface area (Å²) in [5.41, 5.74) is 0. The van der Waals surface area contributed by atoms with Crippen LogP contribution in [0.2, 0.25) is 0 Å². The molecule has 1 N–H and O–H groups in total. The van der Waals surface area contributed by atoms with E-state index in [0.29, 0.717) is 13.0 Å². The zero-order valence-electron chi connectivity index (χ0n) is 11.3. The molecule has 0 aliphatic carbocycles. The molecule has 2 rings (SSSR count). The van der Waals surface area contributed by atoms with Gasteiger partial charge in [-0.05, 0) is 13.8 Å². The standard InChI is InChI=1S/C12H22O6/c1-11(14-3)12(2,15-4)18-10-7-16-8(6-13)5-9(10)17-11/h8-10,13H,5-7H2,1-4H3/t8-,9-,10-,11+,12+/m0/s1. The molecule has 0 unspecified atom stereocenters. The Balaban J connectivity index is 2.16. The summed E-state index contributed by atoms with van der Waals surface area (Å²) in [5, 5.41) is 9.14. The predicted octanol–water partition coefficient (Wildman–Crippen LogP) is 0.277. The normalized spacial score (nSPS) is 48.8. The molecule has 2 fully saturated rings. The van der Waals surface area contributed by atoms with Crippen molar-refractivity contribution in [3.05, 3.63) is 0 Å². The van der Waals surface area contributed by atoms with Crippen molar-refractivity contribution >= 4 is 0 Å². The first-order valence-electron chi connectivity index (χ1n) is 6.16. The van der Waals surface area contributed by atoms with Gasteiger partial charge in [-0.15, -0.1) is 0 Å². The maximum Gasteiger partial charge on any atom is 0.220 e. The molecule has 0 aromatic carbocycles. The van der Waals surface area contributed by atoms with Gasteiger partial charge in [0.15, 0.2) is 0 Å². The Morgan fingerprint density at radius 2 is 1.67 bits per heavy atom. The summed E-state index contributed by atoms with van der Waals surface area (Å²) < 4.78 is 28.3. The number of methoxy groups -OCH3 is 2. The highest BCUT2D eigenvalue weighted by atomic mass is 16.8. The largest absolute Gasteiger partial charge is 0.394 e. The van der Waals surface area contributed by atoms with E-state index in [4.69, 9.17) is 28.8 Å².